The molecule has 0 radical (unpaired) electrons. The van der Waals surface area contributed by atoms with E-state index in [9.17, 15) is 4.79 Å². The zero-order valence-corrected chi connectivity index (χ0v) is 9.56. The maximum absolute atomic E-state index is 11.6. The molecule has 78 valence electrons. The van der Waals surface area contributed by atoms with Crippen LogP contribution in [0.15, 0.2) is 5.38 Å². The van der Waals surface area contributed by atoms with Crippen LogP contribution in [0.4, 0.5) is 0 Å². The Morgan fingerprint density at radius 3 is 2.93 bits per heavy atom. The summed E-state index contributed by atoms with van der Waals surface area (Å²) in [5.41, 5.74) is 0.851. The third-order valence-corrected chi connectivity index (χ3v) is 2.71. The molecular weight excluding hydrogens is 198 g/mol. The lowest BCUT2D eigenvalue weighted by atomic mass is 10.1. The number of aryl methyl sites for hydroxylation is 1. The number of hydrogen-bond acceptors (Lipinski definition) is 4. The van der Waals surface area contributed by atoms with Crippen molar-refractivity contribution in [2.24, 2.45) is 0 Å². The van der Waals surface area contributed by atoms with Gasteiger partial charge < -0.3 is 4.74 Å². The highest BCUT2D eigenvalue weighted by molar-refractivity contribution is 7.09. The van der Waals surface area contributed by atoms with Gasteiger partial charge in [-0.25, -0.2) is 4.98 Å². The number of hydrogen-bond donors (Lipinski definition) is 0. The molecule has 0 aliphatic rings. The first-order valence-electron chi connectivity index (χ1n) is 4.68. The summed E-state index contributed by atoms with van der Waals surface area (Å²) < 4.78 is 5.21. The molecule has 3 nitrogen and oxygen atoms in total. The van der Waals surface area contributed by atoms with Gasteiger partial charge in [0.1, 0.15) is 6.10 Å². The lowest BCUT2D eigenvalue weighted by Crippen LogP contribution is -2.22. The summed E-state index contributed by atoms with van der Waals surface area (Å²) in [6, 6.07) is 0. The van der Waals surface area contributed by atoms with Crippen molar-refractivity contribution < 1.29 is 9.53 Å². The van der Waals surface area contributed by atoms with Gasteiger partial charge in [0, 0.05) is 12.0 Å². The molecule has 1 aromatic heterocycles. The first-order chi connectivity index (χ1) is 6.63. The largest absolute Gasteiger partial charge is 0.371 e. The van der Waals surface area contributed by atoms with Gasteiger partial charge in [-0.1, -0.05) is 0 Å². The Morgan fingerprint density at radius 2 is 2.43 bits per heavy atom. The molecule has 0 aromatic carbocycles. The Kier molecular flexibility index (Phi) is 4.22. The van der Waals surface area contributed by atoms with Crippen molar-refractivity contribution in [3.05, 3.63) is 16.1 Å². The van der Waals surface area contributed by atoms with Crippen molar-refractivity contribution in [2.45, 2.75) is 33.3 Å². The Morgan fingerprint density at radius 1 is 1.71 bits per heavy atom. The molecule has 0 spiro atoms. The van der Waals surface area contributed by atoms with Gasteiger partial charge in [0.15, 0.2) is 5.78 Å². The maximum atomic E-state index is 11.6. The van der Waals surface area contributed by atoms with Gasteiger partial charge in [0.25, 0.3) is 0 Å². The average Bonchev–Trinajstić information content (AvgIpc) is 2.51. The predicted molar refractivity (Wildman–Crippen MR) is 56.7 cm³/mol. The van der Waals surface area contributed by atoms with Crippen LogP contribution in [0.1, 0.15) is 24.5 Å². The number of ether oxygens (including phenoxy) is 1. The molecule has 0 amide bonds. The molecule has 1 unspecified atom stereocenters. The third kappa shape index (κ3) is 3.20. The summed E-state index contributed by atoms with van der Waals surface area (Å²) in [5, 5.41) is 2.92. The van der Waals surface area contributed by atoms with E-state index in [1.807, 2.05) is 19.2 Å². The van der Waals surface area contributed by atoms with Crippen LogP contribution in [0.5, 0.6) is 0 Å². The number of thiazole rings is 1. The number of carbonyl (C=O) groups excluding carboxylic acids is 1. The zero-order chi connectivity index (χ0) is 10.6. The zero-order valence-electron chi connectivity index (χ0n) is 8.74. The number of carbonyl (C=O) groups is 1. The SMILES string of the molecule is CCOC(C)C(=O)Cc1csc(C)n1. The molecule has 0 aliphatic heterocycles. The second-order valence-electron chi connectivity index (χ2n) is 3.10. The predicted octanol–water partition coefficient (Wildman–Crippen LogP) is 1.99. The molecule has 0 aliphatic carbocycles. The maximum Gasteiger partial charge on any atom is 0.167 e. The first-order valence-corrected chi connectivity index (χ1v) is 5.56. The molecule has 1 atom stereocenters. The Hall–Kier alpha value is -0.740. The quantitative estimate of drug-likeness (QED) is 0.751. The smallest absolute Gasteiger partial charge is 0.167 e. The second-order valence-corrected chi connectivity index (χ2v) is 4.16. The summed E-state index contributed by atoms with van der Waals surface area (Å²) >= 11 is 1.57. The molecule has 1 heterocycles. The minimum Gasteiger partial charge on any atom is -0.371 e. The van der Waals surface area contributed by atoms with Crippen LogP contribution in [-0.4, -0.2) is 23.5 Å². The van der Waals surface area contributed by atoms with E-state index >= 15 is 0 Å². The normalized spacial score (nSPS) is 12.8. The summed E-state index contributed by atoms with van der Waals surface area (Å²) in [7, 11) is 0. The van der Waals surface area contributed by atoms with Crippen molar-refractivity contribution in [3.63, 3.8) is 0 Å². The standard InChI is InChI=1S/C10H15NO2S/c1-4-13-7(2)10(12)5-9-6-14-8(3)11-9/h6-7H,4-5H2,1-3H3. The van der Waals surface area contributed by atoms with Crippen LogP contribution in [-0.2, 0) is 16.0 Å². The highest BCUT2D eigenvalue weighted by atomic mass is 32.1. The van der Waals surface area contributed by atoms with Crippen LogP contribution in [0.25, 0.3) is 0 Å². The topological polar surface area (TPSA) is 39.2 Å². The Bertz CT molecular complexity index is 309. The fourth-order valence-electron chi connectivity index (χ4n) is 1.15. The van der Waals surface area contributed by atoms with Crippen LogP contribution < -0.4 is 0 Å². The van der Waals surface area contributed by atoms with Gasteiger partial charge in [0.2, 0.25) is 0 Å². The number of nitrogens with zero attached hydrogens (tertiary/aromatic N) is 1. The number of ketones is 1. The van der Waals surface area contributed by atoms with E-state index in [1.54, 1.807) is 18.3 Å². The molecule has 0 saturated carbocycles. The van der Waals surface area contributed by atoms with Crippen molar-refractivity contribution in [3.8, 4) is 0 Å². The summed E-state index contributed by atoms with van der Waals surface area (Å²) in [5.74, 6) is 0.0946. The van der Waals surface area contributed by atoms with Crippen LogP contribution in [0.2, 0.25) is 0 Å². The van der Waals surface area contributed by atoms with Gasteiger partial charge in [0.05, 0.1) is 17.1 Å². The lowest BCUT2D eigenvalue weighted by molar-refractivity contribution is -0.128. The minimum atomic E-state index is -0.318. The molecular formula is C10H15NO2S. The summed E-state index contributed by atoms with van der Waals surface area (Å²) in [4.78, 5) is 15.8. The van der Waals surface area contributed by atoms with Crippen molar-refractivity contribution in [1.82, 2.24) is 4.98 Å². The Balaban J connectivity index is 2.48. The summed E-state index contributed by atoms with van der Waals surface area (Å²) in [6.07, 6.45) is 0.0629. The summed E-state index contributed by atoms with van der Waals surface area (Å²) in [6.45, 7) is 6.18. The van der Waals surface area contributed by atoms with Crippen LogP contribution in [0, 0.1) is 6.92 Å². The number of aromatic nitrogens is 1. The molecule has 0 fully saturated rings. The molecule has 0 saturated heterocycles. The second kappa shape index (κ2) is 5.22. The van der Waals surface area contributed by atoms with Crippen molar-refractivity contribution in [1.29, 1.82) is 0 Å². The van der Waals surface area contributed by atoms with E-state index < -0.39 is 0 Å². The number of Topliss-reactive ketones (excluding diaryl/α,β-unsaturated/α-hetero) is 1. The fraction of sp³-hybridized carbons (Fsp3) is 0.600. The van der Waals surface area contributed by atoms with Gasteiger partial charge >= 0.3 is 0 Å². The van der Waals surface area contributed by atoms with E-state index in [2.05, 4.69) is 4.98 Å². The van der Waals surface area contributed by atoms with E-state index in [4.69, 9.17) is 4.74 Å². The van der Waals surface area contributed by atoms with Gasteiger partial charge in [-0.3, -0.25) is 4.79 Å². The van der Waals surface area contributed by atoms with Gasteiger partial charge in [-0.2, -0.15) is 0 Å². The number of rotatable bonds is 5. The highest BCUT2D eigenvalue weighted by Gasteiger charge is 2.14. The third-order valence-electron chi connectivity index (χ3n) is 1.89. The Labute approximate surface area is 88.1 Å². The molecule has 1 rings (SSSR count). The molecule has 4 heteroatoms. The van der Waals surface area contributed by atoms with Gasteiger partial charge in [-0.05, 0) is 20.8 Å². The molecule has 14 heavy (non-hydrogen) atoms. The minimum absolute atomic E-state index is 0.0946. The monoisotopic (exact) mass is 213 g/mol. The fourth-order valence-corrected chi connectivity index (χ4v) is 1.77. The first kappa shape index (κ1) is 11.3. The molecule has 0 bridgehead atoms. The lowest BCUT2D eigenvalue weighted by Gasteiger charge is -2.08. The highest BCUT2D eigenvalue weighted by Crippen LogP contribution is 2.09. The van der Waals surface area contributed by atoms with Crippen LogP contribution in [0.3, 0.4) is 0 Å². The van der Waals surface area contributed by atoms with E-state index in [0.29, 0.717) is 13.0 Å². The van der Waals surface area contributed by atoms with Crippen molar-refractivity contribution >= 4 is 17.1 Å². The van der Waals surface area contributed by atoms with E-state index in [1.165, 1.54) is 0 Å². The van der Waals surface area contributed by atoms with Crippen LogP contribution >= 0.6 is 11.3 Å². The molecule has 0 N–H and O–H groups in total. The van der Waals surface area contributed by atoms with Crippen molar-refractivity contribution in [2.75, 3.05) is 6.61 Å². The average molecular weight is 213 g/mol. The molecule has 1 aromatic rings. The van der Waals surface area contributed by atoms with Gasteiger partial charge in [-0.15, -0.1) is 11.3 Å². The van der Waals surface area contributed by atoms with E-state index in [-0.39, 0.29) is 11.9 Å². The van der Waals surface area contributed by atoms with E-state index in [0.717, 1.165) is 10.7 Å².